The summed E-state index contributed by atoms with van der Waals surface area (Å²) in [7, 11) is 0. The van der Waals surface area contributed by atoms with Gasteiger partial charge in [-0.3, -0.25) is 0 Å². The van der Waals surface area contributed by atoms with E-state index in [2.05, 4.69) is 185 Å². The third-order valence-electron chi connectivity index (χ3n) is 10.3. The van der Waals surface area contributed by atoms with Gasteiger partial charge in [0, 0.05) is 28.2 Å². The monoisotopic (exact) mass is 599 g/mol. The standard InChI is InChI=1S/C43H30BN3/c1-3-15-29(16-4-1)43(30-17-5-2-6-18-30)36-21-9-13-25-40(36)47(41-26-14-10-22-37(41)43)31-27-34-32-19-7-11-23-38(32)45-44-42(34)35(28-31)33-20-8-12-24-39(33)46-44/h1-28,45-46H. The molecule has 2 N–H and O–H groups in total. The topological polar surface area (TPSA) is 27.3 Å². The molecule has 0 aliphatic carbocycles. The predicted molar refractivity (Wildman–Crippen MR) is 196 cm³/mol. The lowest BCUT2D eigenvalue weighted by molar-refractivity contribution is 0.731. The first-order chi connectivity index (χ1) is 23.3. The molecule has 0 saturated heterocycles. The van der Waals surface area contributed by atoms with E-state index < -0.39 is 5.41 Å². The van der Waals surface area contributed by atoms with Crippen LogP contribution in [0.4, 0.5) is 28.4 Å². The molecule has 7 aromatic rings. The van der Waals surface area contributed by atoms with Gasteiger partial charge in [-0.15, -0.1) is 0 Å². The molecular formula is C43H30BN3. The van der Waals surface area contributed by atoms with Crippen molar-refractivity contribution in [2.45, 2.75) is 5.41 Å². The third-order valence-corrected chi connectivity index (χ3v) is 10.3. The maximum Gasteiger partial charge on any atom is 0.407 e. The molecule has 0 unspecified atom stereocenters. The SMILES string of the molecule is c1ccc(C2(c3ccccc3)c3ccccc3N(c3cc4c5c(c3)-c3ccccc3NB5Nc3ccccc3-4)c3ccccc32)cc1. The Kier molecular flexibility index (Phi) is 5.59. The van der Waals surface area contributed by atoms with Crippen molar-refractivity contribution >= 4 is 40.9 Å². The summed E-state index contributed by atoms with van der Waals surface area (Å²) in [6, 6.07) is 62.2. The molecule has 4 heteroatoms. The number of rotatable bonds is 3. The zero-order chi connectivity index (χ0) is 31.0. The maximum absolute atomic E-state index is 3.79. The van der Waals surface area contributed by atoms with E-state index in [1.807, 2.05) is 0 Å². The Hall–Kier alpha value is -6.00. The normalized spacial score (nSPS) is 14.4. The molecule has 0 aromatic heterocycles. The summed E-state index contributed by atoms with van der Waals surface area (Å²) in [5.41, 5.74) is 16.7. The minimum absolute atomic E-state index is 0.0106. The summed E-state index contributed by atoms with van der Waals surface area (Å²) in [6.07, 6.45) is 0. The smallest absolute Gasteiger partial charge is 0.405 e. The average Bonchev–Trinajstić information content (AvgIpc) is 3.14. The van der Waals surface area contributed by atoms with Crippen LogP contribution >= 0.6 is 0 Å². The molecule has 0 bridgehead atoms. The van der Waals surface area contributed by atoms with E-state index in [0.717, 1.165) is 17.1 Å². The lowest BCUT2D eigenvalue weighted by Gasteiger charge is -2.47. The highest BCUT2D eigenvalue weighted by molar-refractivity contribution is 6.83. The number of fused-ring (bicyclic) bond motifs is 6. The van der Waals surface area contributed by atoms with Gasteiger partial charge in [0.1, 0.15) is 0 Å². The Bertz CT molecular complexity index is 2170. The van der Waals surface area contributed by atoms with Gasteiger partial charge in [0.05, 0.1) is 16.8 Å². The van der Waals surface area contributed by atoms with Gasteiger partial charge in [-0.05, 0) is 75.2 Å². The molecular weight excluding hydrogens is 569 g/mol. The Morgan fingerprint density at radius 3 is 1.36 bits per heavy atom. The molecule has 3 aliphatic heterocycles. The summed E-state index contributed by atoms with van der Waals surface area (Å²) >= 11 is 0. The average molecular weight is 600 g/mol. The summed E-state index contributed by atoms with van der Waals surface area (Å²) < 4.78 is 0. The van der Waals surface area contributed by atoms with Gasteiger partial charge in [0.25, 0.3) is 0 Å². The fourth-order valence-electron chi connectivity index (χ4n) is 8.39. The number of anilines is 5. The molecule has 0 radical (unpaired) electrons. The number of hydrogen-bond donors (Lipinski definition) is 2. The van der Waals surface area contributed by atoms with Crippen molar-refractivity contribution in [2.75, 3.05) is 15.4 Å². The molecule has 0 amide bonds. The predicted octanol–water partition coefficient (Wildman–Crippen LogP) is 9.73. The summed E-state index contributed by atoms with van der Waals surface area (Å²) in [4.78, 5) is 2.50. The van der Waals surface area contributed by atoms with Crippen molar-refractivity contribution in [3.05, 3.63) is 192 Å². The molecule has 0 spiro atoms. The van der Waals surface area contributed by atoms with E-state index in [4.69, 9.17) is 0 Å². The molecule has 7 aromatic carbocycles. The van der Waals surface area contributed by atoms with Gasteiger partial charge in [-0.1, -0.05) is 133 Å². The zero-order valence-corrected chi connectivity index (χ0v) is 25.7. The Morgan fingerprint density at radius 2 is 0.851 bits per heavy atom. The number of nitrogens with zero attached hydrogens (tertiary/aromatic N) is 1. The van der Waals surface area contributed by atoms with Gasteiger partial charge in [-0.25, -0.2) is 0 Å². The molecule has 0 fully saturated rings. The minimum atomic E-state index is -0.493. The van der Waals surface area contributed by atoms with Crippen molar-refractivity contribution in [1.29, 1.82) is 0 Å². The van der Waals surface area contributed by atoms with E-state index in [9.17, 15) is 0 Å². The fourth-order valence-corrected chi connectivity index (χ4v) is 8.39. The molecule has 3 nitrogen and oxygen atoms in total. The first-order valence-corrected chi connectivity index (χ1v) is 16.3. The van der Waals surface area contributed by atoms with Gasteiger partial charge in [0.15, 0.2) is 0 Å². The van der Waals surface area contributed by atoms with Crippen LogP contribution in [0.5, 0.6) is 0 Å². The molecule has 0 saturated carbocycles. The second kappa shape index (κ2) is 10.0. The molecule has 3 heterocycles. The van der Waals surface area contributed by atoms with Gasteiger partial charge < -0.3 is 15.4 Å². The van der Waals surface area contributed by atoms with Crippen LogP contribution in [0.15, 0.2) is 170 Å². The Labute approximate surface area is 275 Å². The number of hydrogen-bond acceptors (Lipinski definition) is 3. The largest absolute Gasteiger partial charge is 0.407 e. The zero-order valence-electron chi connectivity index (χ0n) is 25.7. The van der Waals surface area contributed by atoms with Crippen LogP contribution in [0.1, 0.15) is 22.3 Å². The van der Waals surface area contributed by atoms with Crippen LogP contribution in [0.2, 0.25) is 0 Å². The van der Waals surface area contributed by atoms with E-state index >= 15 is 0 Å². The van der Waals surface area contributed by atoms with Crippen molar-refractivity contribution < 1.29 is 0 Å². The lowest BCUT2D eigenvalue weighted by Crippen LogP contribution is -2.52. The quantitative estimate of drug-likeness (QED) is 0.198. The second-order valence-corrected chi connectivity index (χ2v) is 12.6. The van der Waals surface area contributed by atoms with Gasteiger partial charge >= 0.3 is 6.98 Å². The molecule has 47 heavy (non-hydrogen) atoms. The van der Waals surface area contributed by atoms with E-state index in [1.54, 1.807) is 0 Å². The minimum Gasteiger partial charge on any atom is -0.405 e. The highest BCUT2D eigenvalue weighted by Crippen LogP contribution is 2.58. The lowest BCUT2D eigenvalue weighted by atomic mass is 9.57. The fraction of sp³-hybridized carbons (Fsp3) is 0.0233. The summed E-state index contributed by atoms with van der Waals surface area (Å²) in [5, 5.41) is 7.58. The highest BCUT2D eigenvalue weighted by atomic mass is 15.2. The Balaban J connectivity index is 1.30. The van der Waals surface area contributed by atoms with Crippen molar-refractivity contribution in [3.8, 4) is 22.3 Å². The third kappa shape index (κ3) is 3.64. The van der Waals surface area contributed by atoms with Gasteiger partial charge in [0.2, 0.25) is 0 Å². The molecule has 10 rings (SSSR count). The van der Waals surface area contributed by atoms with E-state index in [0.29, 0.717) is 0 Å². The number of para-hydroxylation sites is 4. The van der Waals surface area contributed by atoms with Gasteiger partial charge in [-0.2, -0.15) is 0 Å². The highest BCUT2D eigenvalue weighted by Gasteiger charge is 2.46. The van der Waals surface area contributed by atoms with E-state index in [1.165, 1.54) is 61.3 Å². The maximum atomic E-state index is 3.79. The van der Waals surface area contributed by atoms with Crippen LogP contribution in [-0.4, -0.2) is 6.98 Å². The van der Waals surface area contributed by atoms with E-state index in [-0.39, 0.29) is 6.98 Å². The molecule has 3 aliphatic rings. The number of nitrogens with one attached hydrogen (secondary N) is 2. The van der Waals surface area contributed by atoms with Crippen molar-refractivity contribution in [2.24, 2.45) is 0 Å². The van der Waals surface area contributed by atoms with Crippen LogP contribution in [-0.2, 0) is 5.41 Å². The first-order valence-electron chi connectivity index (χ1n) is 16.3. The Morgan fingerprint density at radius 1 is 0.426 bits per heavy atom. The number of benzene rings is 7. The summed E-state index contributed by atoms with van der Waals surface area (Å²) in [5.74, 6) is 0. The summed E-state index contributed by atoms with van der Waals surface area (Å²) in [6.45, 7) is -0.0106. The second-order valence-electron chi connectivity index (χ2n) is 12.6. The molecule has 220 valence electrons. The van der Waals surface area contributed by atoms with Crippen molar-refractivity contribution in [3.63, 3.8) is 0 Å². The van der Waals surface area contributed by atoms with Crippen molar-refractivity contribution in [1.82, 2.24) is 0 Å². The first kappa shape index (κ1) is 26.2. The van der Waals surface area contributed by atoms with Crippen LogP contribution < -0.4 is 20.8 Å². The van der Waals surface area contributed by atoms with Crippen LogP contribution in [0.25, 0.3) is 22.3 Å². The molecule has 0 atom stereocenters. The van der Waals surface area contributed by atoms with Crippen LogP contribution in [0.3, 0.4) is 0 Å². The van der Waals surface area contributed by atoms with Crippen LogP contribution in [0, 0.1) is 0 Å².